The molecule has 0 spiro atoms. The molecule has 0 radical (unpaired) electrons. The number of anilines is 1. The Bertz CT molecular complexity index is 1330. The van der Waals surface area contributed by atoms with Crippen LogP contribution in [0.1, 0.15) is 29.2 Å². The van der Waals surface area contributed by atoms with E-state index in [1.807, 2.05) is 39.0 Å². The minimum absolute atomic E-state index is 0.0776. The zero-order valence-electron chi connectivity index (χ0n) is 19.4. The Hall–Kier alpha value is -3.17. The first-order valence-corrected chi connectivity index (χ1v) is 11.9. The molecule has 0 fully saturated rings. The van der Waals surface area contributed by atoms with Gasteiger partial charge in [0.1, 0.15) is 18.2 Å². The number of hydrogen-bond donors (Lipinski definition) is 1. The topological polar surface area (TPSA) is 71.3 Å². The number of rotatable bonds is 8. The number of hydrogen-bond acceptors (Lipinski definition) is 4. The maximum absolute atomic E-state index is 12.7. The molecule has 5 nitrogen and oxygen atoms in total. The predicted molar refractivity (Wildman–Crippen MR) is 142 cm³/mol. The van der Waals surface area contributed by atoms with Gasteiger partial charge in [-0.3, -0.25) is 4.79 Å². The number of nitriles is 1. The number of nitrogens with one attached hydrogen (secondary N) is 1. The molecule has 1 N–H and O–H groups in total. The molecule has 0 saturated heterocycles. The molecule has 0 saturated carbocycles. The van der Waals surface area contributed by atoms with Gasteiger partial charge in [-0.1, -0.05) is 46.9 Å². The SMILES string of the molecule is CCOc1cc(/C=C(\C#N)C(=O)Nc2ccc(C)c(C)c2)cc(Cl)c1OCc1ccc(Cl)c(Cl)c1. The van der Waals surface area contributed by atoms with Gasteiger partial charge < -0.3 is 14.8 Å². The Morgan fingerprint density at radius 2 is 1.74 bits per heavy atom. The largest absolute Gasteiger partial charge is 0.490 e. The van der Waals surface area contributed by atoms with E-state index < -0.39 is 5.91 Å². The highest BCUT2D eigenvalue weighted by atomic mass is 35.5. The second kappa shape index (κ2) is 12.0. The molecule has 0 bridgehead atoms. The van der Waals surface area contributed by atoms with Gasteiger partial charge in [0.05, 0.1) is 21.7 Å². The Balaban J connectivity index is 1.85. The summed E-state index contributed by atoms with van der Waals surface area (Å²) in [5.74, 6) is 0.206. The fraction of sp³-hybridized carbons (Fsp3) is 0.185. The molecule has 0 aromatic heterocycles. The van der Waals surface area contributed by atoms with Crippen molar-refractivity contribution in [3.8, 4) is 17.6 Å². The summed E-state index contributed by atoms with van der Waals surface area (Å²) in [5.41, 5.74) is 4.00. The Morgan fingerprint density at radius 3 is 2.40 bits per heavy atom. The van der Waals surface area contributed by atoms with Gasteiger partial charge >= 0.3 is 0 Å². The lowest BCUT2D eigenvalue weighted by Gasteiger charge is -2.15. The van der Waals surface area contributed by atoms with E-state index in [1.165, 1.54) is 6.08 Å². The smallest absolute Gasteiger partial charge is 0.266 e. The lowest BCUT2D eigenvalue weighted by atomic mass is 10.1. The van der Waals surface area contributed by atoms with Crippen LogP contribution >= 0.6 is 34.8 Å². The third-order valence-electron chi connectivity index (χ3n) is 5.14. The highest BCUT2D eigenvalue weighted by Crippen LogP contribution is 2.38. The zero-order chi connectivity index (χ0) is 25.5. The molecule has 0 atom stereocenters. The van der Waals surface area contributed by atoms with E-state index in [2.05, 4.69) is 5.32 Å². The van der Waals surface area contributed by atoms with E-state index in [4.69, 9.17) is 44.3 Å². The average Bonchev–Trinajstić information content (AvgIpc) is 2.81. The minimum atomic E-state index is -0.523. The Morgan fingerprint density at radius 1 is 0.971 bits per heavy atom. The van der Waals surface area contributed by atoms with Crippen molar-refractivity contribution < 1.29 is 14.3 Å². The normalized spacial score (nSPS) is 11.1. The average molecular weight is 530 g/mol. The molecule has 8 heteroatoms. The molecular weight excluding hydrogens is 507 g/mol. The number of nitrogens with zero attached hydrogens (tertiary/aromatic N) is 1. The van der Waals surface area contributed by atoms with E-state index >= 15 is 0 Å². The van der Waals surface area contributed by atoms with Gasteiger partial charge in [0.2, 0.25) is 0 Å². The molecule has 3 aromatic rings. The van der Waals surface area contributed by atoms with Gasteiger partial charge in [-0.05, 0) is 85.5 Å². The number of amides is 1. The zero-order valence-corrected chi connectivity index (χ0v) is 21.7. The van der Waals surface area contributed by atoms with Gasteiger partial charge in [0.25, 0.3) is 5.91 Å². The van der Waals surface area contributed by atoms with E-state index in [0.29, 0.717) is 39.4 Å². The summed E-state index contributed by atoms with van der Waals surface area (Å²) in [6.07, 6.45) is 1.45. The van der Waals surface area contributed by atoms with E-state index in [0.717, 1.165) is 16.7 Å². The van der Waals surface area contributed by atoms with Gasteiger partial charge in [-0.25, -0.2) is 0 Å². The third-order valence-corrected chi connectivity index (χ3v) is 6.16. The van der Waals surface area contributed by atoms with Crippen LogP contribution in [0.2, 0.25) is 15.1 Å². The molecular formula is C27H23Cl3N2O3. The van der Waals surface area contributed by atoms with Crippen LogP contribution in [0.15, 0.2) is 54.1 Å². The van der Waals surface area contributed by atoms with E-state index in [9.17, 15) is 10.1 Å². The summed E-state index contributed by atoms with van der Waals surface area (Å²) < 4.78 is 11.6. The maximum Gasteiger partial charge on any atom is 0.266 e. The third kappa shape index (κ3) is 6.93. The van der Waals surface area contributed by atoms with Crippen LogP contribution in [0.4, 0.5) is 5.69 Å². The maximum atomic E-state index is 12.7. The van der Waals surface area contributed by atoms with Crippen molar-refractivity contribution in [1.29, 1.82) is 5.26 Å². The second-order valence-corrected chi connectivity index (χ2v) is 8.94. The fourth-order valence-corrected chi connectivity index (χ4v) is 3.79. The molecule has 3 rings (SSSR count). The van der Waals surface area contributed by atoms with Crippen molar-refractivity contribution in [2.45, 2.75) is 27.4 Å². The van der Waals surface area contributed by atoms with Crippen molar-refractivity contribution in [1.82, 2.24) is 0 Å². The van der Waals surface area contributed by atoms with Crippen LogP contribution in [0.25, 0.3) is 6.08 Å². The van der Waals surface area contributed by atoms with Crippen LogP contribution in [-0.4, -0.2) is 12.5 Å². The van der Waals surface area contributed by atoms with Crippen molar-refractivity contribution >= 4 is 52.5 Å². The molecule has 180 valence electrons. The molecule has 35 heavy (non-hydrogen) atoms. The first kappa shape index (κ1) is 26.4. The first-order chi connectivity index (χ1) is 16.7. The number of carbonyl (C=O) groups is 1. The Labute approximate surface area is 219 Å². The van der Waals surface area contributed by atoms with Crippen molar-refractivity contribution in [2.24, 2.45) is 0 Å². The highest BCUT2D eigenvalue weighted by Gasteiger charge is 2.15. The summed E-state index contributed by atoms with van der Waals surface area (Å²) in [5, 5.41) is 13.5. The summed E-state index contributed by atoms with van der Waals surface area (Å²) >= 11 is 18.5. The number of benzene rings is 3. The van der Waals surface area contributed by atoms with Gasteiger partial charge in [0, 0.05) is 5.69 Å². The lowest BCUT2D eigenvalue weighted by Crippen LogP contribution is -2.13. The summed E-state index contributed by atoms with van der Waals surface area (Å²) in [6, 6.07) is 16.0. The second-order valence-electron chi connectivity index (χ2n) is 7.72. The van der Waals surface area contributed by atoms with Crippen LogP contribution in [0, 0.1) is 25.2 Å². The van der Waals surface area contributed by atoms with E-state index in [-0.39, 0.29) is 17.2 Å². The van der Waals surface area contributed by atoms with Crippen LogP contribution in [0.3, 0.4) is 0 Å². The molecule has 0 heterocycles. The predicted octanol–water partition coefficient (Wildman–Crippen LogP) is 7.79. The summed E-state index contributed by atoms with van der Waals surface area (Å²) in [4.78, 5) is 12.7. The van der Waals surface area contributed by atoms with E-state index in [1.54, 1.807) is 36.4 Å². The first-order valence-electron chi connectivity index (χ1n) is 10.7. The summed E-state index contributed by atoms with van der Waals surface area (Å²) in [7, 11) is 0. The van der Waals surface area contributed by atoms with Crippen molar-refractivity contribution in [3.63, 3.8) is 0 Å². The highest BCUT2D eigenvalue weighted by molar-refractivity contribution is 6.42. The molecule has 1 amide bonds. The van der Waals surface area contributed by atoms with Gasteiger partial charge in [-0.15, -0.1) is 0 Å². The molecule has 0 unspecified atom stereocenters. The number of ether oxygens (including phenoxy) is 2. The minimum Gasteiger partial charge on any atom is -0.490 e. The van der Waals surface area contributed by atoms with Crippen LogP contribution in [-0.2, 0) is 11.4 Å². The van der Waals surface area contributed by atoms with Crippen molar-refractivity contribution in [3.05, 3.63) is 91.4 Å². The molecule has 0 aliphatic rings. The fourth-order valence-electron chi connectivity index (χ4n) is 3.19. The standard InChI is InChI=1S/C27H23Cl3N2O3/c1-4-34-25-13-19(10-20(14-31)27(33)32-21-7-5-16(2)17(3)9-21)12-24(30)26(25)35-15-18-6-8-22(28)23(29)11-18/h5-13H,4,15H2,1-3H3,(H,32,33)/b20-10+. The quantitative estimate of drug-likeness (QED) is 0.239. The summed E-state index contributed by atoms with van der Waals surface area (Å²) in [6.45, 7) is 6.32. The Kier molecular flexibility index (Phi) is 9.06. The number of halogens is 3. The van der Waals surface area contributed by atoms with Crippen LogP contribution in [0.5, 0.6) is 11.5 Å². The molecule has 3 aromatic carbocycles. The monoisotopic (exact) mass is 528 g/mol. The number of carbonyl (C=O) groups excluding carboxylic acids is 1. The van der Waals surface area contributed by atoms with Gasteiger partial charge in [0.15, 0.2) is 11.5 Å². The lowest BCUT2D eigenvalue weighted by molar-refractivity contribution is -0.112. The molecule has 0 aliphatic carbocycles. The van der Waals surface area contributed by atoms with Crippen molar-refractivity contribution in [2.75, 3.05) is 11.9 Å². The van der Waals surface area contributed by atoms with Crippen LogP contribution < -0.4 is 14.8 Å². The molecule has 0 aliphatic heterocycles. The van der Waals surface area contributed by atoms with Gasteiger partial charge in [-0.2, -0.15) is 5.26 Å². The number of aryl methyl sites for hydroxylation is 2.